The van der Waals surface area contributed by atoms with Crippen LogP contribution in [0.1, 0.15) is 5.56 Å². The summed E-state index contributed by atoms with van der Waals surface area (Å²) < 4.78 is 0. The Morgan fingerprint density at radius 1 is 1.12 bits per heavy atom. The number of nitrogens with two attached hydrogens (primary N) is 1. The summed E-state index contributed by atoms with van der Waals surface area (Å²) in [4.78, 5) is 2.13. The zero-order valence-corrected chi connectivity index (χ0v) is 11.2. The van der Waals surface area contributed by atoms with Crippen molar-refractivity contribution in [2.45, 2.75) is 12.6 Å². The zero-order chi connectivity index (χ0) is 12.7. The molecular weight excluding hydrogens is 259 g/mol. The van der Waals surface area contributed by atoms with Crippen molar-refractivity contribution in [1.82, 2.24) is 0 Å². The van der Waals surface area contributed by atoms with E-state index in [-0.39, 0.29) is 0 Å². The minimum absolute atomic E-state index is 0.464. The van der Waals surface area contributed by atoms with Crippen LogP contribution in [0.4, 0.5) is 5.69 Å². The van der Waals surface area contributed by atoms with Gasteiger partial charge in [0.25, 0.3) is 0 Å². The lowest BCUT2D eigenvalue weighted by Gasteiger charge is -2.23. The summed E-state index contributed by atoms with van der Waals surface area (Å²) in [5.41, 5.74) is 7.43. The third-order valence-electron chi connectivity index (χ3n) is 2.46. The SMILES string of the molecule is N[C@H](O)Cc1ccc(N(CCCl)CCCl)cc1. The Bertz CT molecular complexity index is 311. The van der Waals surface area contributed by atoms with E-state index >= 15 is 0 Å². The Balaban J connectivity index is 2.69. The predicted octanol–water partition coefficient (Wildman–Crippen LogP) is 1.79. The molecule has 0 aliphatic rings. The molecule has 0 aliphatic carbocycles. The molecule has 0 fully saturated rings. The van der Waals surface area contributed by atoms with Gasteiger partial charge in [0.2, 0.25) is 0 Å². The molecule has 3 N–H and O–H groups in total. The molecule has 0 aromatic heterocycles. The van der Waals surface area contributed by atoms with Gasteiger partial charge in [-0.1, -0.05) is 12.1 Å². The highest BCUT2D eigenvalue weighted by Gasteiger charge is 2.05. The fourth-order valence-electron chi connectivity index (χ4n) is 1.66. The van der Waals surface area contributed by atoms with Crippen LogP contribution in [0.25, 0.3) is 0 Å². The van der Waals surface area contributed by atoms with Gasteiger partial charge in [0, 0.05) is 37.0 Å². The second-order valence-electron chi connectivity index (χ2n) is 3.80. The number of alkyl halides is 2. The summed E-state index contributed by atoms with van der Waals surface area (Å²) in [6, 6.07) is 7.91. The second-order valence-corrected chi connectivity index (χ2v) is 4.56. The Labute approximate surface area is 112 Å². The highest BCUT2D eigenvalue weighted by molar-refractivity contribution is 6.18. The molecule has 0 radical (unpaired) electrons. The molecule has 96 valence electrons. The van der Waals surface area contributed by atoms with E-state index in [0.717, 1.165) is 24.3 Å². The van der Waals surface area contributed by atoms with Crippen molar-refractivity contribution in [3.63, 3.8) is 0 Å². The van der Waals surface area contributed by atoms with Crippen LogP contribution in [0.3, 0.4) is 0 Å². The second kappa shape index (κ2) is 7.77. The first kappa shape index (κ1) is 14.6. The van der Waals surface area contributed by atoms with Gasteiger partial charge in [-0.2, -0.15) is 0 Å². The number of rotatable bonds is 7. The molecular formula is C12H18Cl2N2O. The van der Waals surface area contributed by atoms with Gasteiger partial charge < -0.3 is 15.7 Å². The molecule has 3 nitrogen and oxygen atoms in total. The van der Waals surface area contributed by atoms with Gasteiger partial charge in [-0.3, -0.25) is 0 Å². The van der Waals surface area contributed by atoms with Crippen LogP contribution in [0.2, 0.25) is 0 Å². The van der Waals surface area contributed by atoms with Gasteiger partial charge >= 0.3 is 0 Å². The van der Waals surface area contributed by atoms with Crippen molar-refractivity contribution in [3.05, 3.63) is 29.8 Å². The topological polar surface area (TPSA) is 49.5 Å². The summed E-state index contributed by atoms with van der Waals surface area (Å²) in [6.07, 6.45) is -0.340. The van der Waals surface area contributed by atoms with Crippen LogP contribution in [-0.4, -0.2) is 36.2 Å². The van der Waals surface area contributed by atoms with Gasteiger partial charge in [-0.25, -0.2) is 0 Å². The van der Waals surface area contributed by atoms with Crippen LogP contribution in [0.15, 0.2) is 24.3 Å². The Morgan fingerprint density at radius 2 is 1.65 bits per heavy atom. The van der Waals surface area contributed by atoms with Crippen LogP contribution in [0.5, 0.6) is 0 Å². The van der Waals surface area contributed by atoms with Crippen molar-refractivity contribution in [3.8, 4) is 0 Å². The summed E-state index contributed by atoms with van der Waals surface area (Å²) in [7, 11) is 0. The molecule has 0 heterocycles. The van der Waals surface area contributed by atoms with Crippen molar-refractivity contribution in [2.75, 3.05) is 29.7 Å². The fourth-order valence-corrected chi connectivity index (χ4v) is 2.07. The third kappa shape index (κ3) is 5.13. The minimum atomic E-state index is -0.803. The molecule has 0 unspecified atom stereocenters. The highest BCUT2D eigenvalue weighted by Crippen LogP contribution is 2.16. The van der Waals surface area contributed by atoms with E-state index in [1.807, 2.05) is 24.3 Å². The zero-order valence-electron chi connectivity index (χ0n) is 9.65. The summed E-state index contributed by atoms with van der Waals surface area (Å²) in [5, 5.41) is 9.09. The molecule has 17 heavy (non-hydrogen) atoms. The Kier molecular flexibility index (Phi) is 6.66. The van der Waals surface area contributed by atoms with Crippen molar-refractivity contribution < 1.29 is 5.11 Å². The maximum Gasteiger partial charge on any atom is 0.106 e. The van der Waals surface area contributed by atoms with E-state index in [2.05, 4.69) is 4.90 Å². The van der Waals surface area contributed by atoms with Crippen LogP contribution < -0.4 is 10.6 Å². The van der Waals surface area contributed by atoms with Gasteiger partial charge in [0.05, 0.1) is 0 Å². The minimum Gasteiger partial charge on any atom is -0.378 e. The van der Waals surface area contributed by atoms with Gasteiger partial charge in [-0.15, -0.1) is 23.2 Å². The molecule has 0 aliphatic heterocycles. The van der Waals surface area contributed by atoms with Crippen LogP contribution >= 0.6 is 23.2 Å². The van der Waals surface area contributed by atoms with E-state index in [4.69, 9.17) is 34.0 Å². The summed E-state index contributed by atoms with van der Waals surface area (Å²) in [5.74, 6) is 1.14. The third-order valence-corrected chi connectivity index (χ3v) is 2.79. The number of anilines is 1. The molecule has 0 saturated carbocycles. The van der Waals surface area contributed by atoms with Crippen molar-refractivity contribution in [1.29, 1.82) is 0 Å². The highest BCUT2D eigenvalue weighted by atomic mass is 35.5. The van der Waals surface area contributed by atoms with E-state index in [1.165, 1.54) is 0 Å². The number of benzene rings is 1. The average molecular weight is 277 g/mol. The number of aliphatic hydroxyl groups excluding tert-OH is 1. The normalized spacial score (nSPS) is 12.5. The largest absolute Gasteiger partial charge is 0.378 e. The van der Waals surface area contributed by atoms with E-state index < -0.39 is 6.23 Å². The number of hydrogen-bond donors (Lipinski definition) is 2. The monoisotopic (exact) mass is 276 g/mol. The van der Waals surface area contributed by atoms with Crippen molar-refractivity contribution >= 4 is 28.9 Å². The van der Waals surface area contributed by atoms with E-state index in [0.29, 0.717) is 18.2 Å². The number of aliphatic hydroxyl groups is 1. The Morgan fingerprint density at radius 3 is 2.06 bits per heavy atom. The molecule has 0 saturated heterocycles. The maximum atomic E-state index is 9.09. The number of halogens is 2. The average Bonchev–Trinajstić information content (AvgIpc) is 2.29. The smallest absolute Gasteiger partial charge is 0.106 e. The number of nitrogens with zero attached hydrogens (tertiary/aromatic N) is 1. The number of hydrogen-bond acceptors (Lipinski definition) is 3. The first-order chi connectivity index (χ1) is 8.17. The molecule has 5 heteroatoms. The summed E-state index contributed by atoms with van der Waals surface area (Å²) in [6.45, 7) is 1.54. The Hall–Kier alpha value is -0.480. The van der Waals surface area contributed by atoms with E-state index in [1.54, 1.807) is 0 Å². The molecule has 1 atom stereocenters. The lowest BCUT2D eigenvalue weighted by molar-refractivity contribution is 0.183. The predicted molar refractivity (Wildman–Crippen MR) is 74.0 cm³/mol. The van der Waals surface area contributed by atoms with E-state index in [9.17, 15) is 0 Å². The fraction of sp³-hybridized carbons (Fsp3) is 0.500. The molecule has 0 amide bonds. The molecule has 1 aromatic carbocycles. The summed E-state index contributed by atoms with van der Waals surface area (Å²) >= 11 is 11.5. The lowest BCUT2D eigenvalue weighted by Crippen LogP contribution is -2.27. The molecule has 1 rings (SSSR count). The van der Waals surface area contributed by atoms with Gasteiger partial charge in [0.15, 0.2) is 0 Å². The van der Waals surface area contributed by atoms with Gasteiger partial charge in [-0.05, 0) is 17.7 Å². The quantitative estimate of drug-likeness (QED) is 0.590. The molecule has 0 spiro atoms. The first-order valence-electron chi connectivity index (χ1n) is 5.57. The van der Waals surface area contributed by atoms with Crippen LogP contribution in [-0.2, 0) is 6.42 Å². The lowest BCUT2D eigenvalue weighted by atomic mass is 10.1. The first-order valence-corrected chi connectivity index (χ1v) is 6.63. The maximum absolute atomic E-state index is 9.09. The van der Waals surface area contributed by atoms with Crippen LogP contribution in [0, 0.1) is 0 Å². The standard InChI is InChI=1S/C12H18Cl2N2O/c13-5-7-16(8-6-14)11-3-1-10(2-4-11)9-12(15)17/h1-4,12,17H,5-9,15H2/t12-/m1/s1. The van der Waals surface area contributed by atoms with Gasteiger partial charge in [0.1, 0.15) is 6.23 Å². The van der Waals surface area contributed by atoms with Crippen molar-refractivity contribution in [2.24, 2.45) is 5.73 Å². The molecule has 1 aromatic rings. The molecule has 0 bridgehead atoms.